The molecule has 2 heteroatoms. The summed E-state index contributed by atoms with van der Waals surface area (Å²) in [6, 6.07) is 0.763. The second-order valence-corrected chi connectivity index (χ2v) is 6.34. The van der Waals surface area contributed by atoms with E-state index in [4.69, 9.17) is 4.74 Å². The van der Waals surface area contributed by atoms with Crippen LogP contribution >= 0.6 is 0 Å². The van der Waals surface area contributed by atoms with Gasteiger partial charge in [-0.2, -0.15) is 0 Å². The van der Waals surface area contributed by atoms with Gasteiger partial charge in [-0.3, -0.25) is 0 Å². The first-order valence-electron chi connectivity index (χ1n) is 8.12. The van der Waals surface area contributed by atoms with Gasteiger partial charge < -0.3 is 10.1 Å². The fourth-order valence-corrected chi connectivity index (χ4v) is 4.00. The molecule has 0 amide bonds. The first-order chi connectivity index (χ1) is 8.83. The molecule has 0 radical (unpaired) electrons. The summed E-state index contributed by atoms with van der Waals surface area (Å²) in [6.07, 6.45) is 12.9. The van der Waals surface area contributed by atoms with E-state index in [0.29, 0.717) is 6.10 Å². The third-order valence-electron chi connectivity index (χ3n) is 5.04. The van der Waals surface area contributed by atoms with E-state index in [1.807, 2.05) is 0 Å². The van der Waals surface area contributed by atoms with Crippen molar-refractivity contribution in [1.29, 1.82) is 0 Å². The van der Waals surface area contributed by atoms with Crippen molar-refractivity contribution >= 4 is 0 Å². The van der Waals surface area contributed by atoms with Crippen molar-refractivity contribution in [3.05, 3.63) is 0 Å². The lowest BCUT2D eigenvalue weighted by molar-refractivity contribution is 0.0889. The van der Waals surface area contributed by atoms with Crippen LogP contribution in [-0.2, 0) is 4.74 Å². The molecule has 2 nitrogen and oxygen atoms in total. The summed E-state index contributed by atoms with van der Waals surface area (Å²) in [4.78, 5) is 0. The highest BCUT2D eigenvalue weighted by molar-refractivity contribution is 4.84. The van der Waals surface area contributed by atoms with E-state index < -0.39 is 0 Å². The van der Waals surface area contributed by atoms with Gasteiger partial charge in [0.05, 0.1) is 6.10 Å². The molecule has 0 bridgehead atoms. The molecule has 1 aliphatic carbocycles. The average Bonchev–Trinajstić information content (AvgIpc) is 2.90. The van der Waals surface area contributed by atoms with Crippen molar-refractivity contribution in [3.63, 3.8) is 0 Å². The molecule has 0 aromatic rings. The highest BCUT2D eigenvalue weighted by atomic mass is 16.5. The molecule has 18 heavy (non-hydrogen) atoms. The van der Waals surface area contributed by atoms with E-state index in [2.05, 4.69) is 19.3 Å². The molecule has 0 spiro atoms. The van der Waals surface area contributed by atoms with Crippen LogP contribution in [0, 0.1) is 11.8 Å². The lowest BCUT2D eigenvalue weighted by Crippen LogP contribution is -2.39. The Morgan fingerprint density at radius 3 is 2.67 bits per heavy atom. The molecule has 1 N–H and O–H groups in total. The van der Waals surface area contributed by atoms with Crippen LogP contribution in [0.25, 0.3) is 0 Å². The standard InChI is InChI=1S/C16H31NO/c1-3-5-13-7-10-16(17-2)14(12-13)8-9-15-6-4-11-18-15/h13-17H,3-12H2,1-2H3. The fraction of sp³-hybridized carbons (Fsp3) is 1.00. The van der Waals surface area contributed by atoms with Gasteiger partial charge >= 0.3 is 0 Å². The van der Waals surface area contributed by atoms with E-state index in [-0.39, 0.29) is 0 Å². The fourth-order valence-electron chi connectivity index (χ4n) is 4.00. The minimum Gasteiger partial charge on any atom is -0.378 e. The molecular formula is C16H31NO. The molecule has 4 atom stereocenters. The zero-order valence-electron chi connectivity index (χ0n) is 12.3. The van der Waals surface area contributed by atoms with Gasteiger partial charge in [0.25, 0.3) is 0 Å². The van der Waals surface area contributed by atoms with Gasteiger partial charge in [0.2, 0.25) is 0 Å². The van der Waals surface area contributed by atoms with Crippen LogP contribution in [0.4, 0.5) is 0 Å². The number of hydrogen-bond acceptors (Lipinski definition) is 2. The van der Waals surface area contributed by atoms with Crippen molar-refractivity contribution in [2.24, 2.45) is 11.8 Å². The average molecular weight is 253 g/mol. The van der Waals surface area contributed by atoms with Crippen LogP contribution in [0.1, 0.15) is 64.7 Å². The number of rotatable bonds is 6. The Hall–Kier alpha value is -0.0800. The van der Waals surface area contributed by atoms with Gasteiger partial charge in [0.1, 0.15) is 0 Å². The second kappa shape index (κ2) is 7.49. The van der Waals surface area contributed by atoms with Crippen LogP contribution in [0.15, 0.2) is 0 Å². The van der Waals surface area contributed by atoms with Crippen LogP contribution in [0.3, 0.4) is 0 Å². The van der Waals surface area contributed by atoms with Crippen molar-refractivity contribution in [3.8, 4) is 0 Å². The van der Waals surface area contributed by atoms with Crippen LogP contribution in [0.2, 0.25) is 0 Å². The smallest absolute Gasteiger partial charge is 0.0576 e. The van der Waals surface area contributed by atoms with E-state index in [0.717, 1.165) is 24.5 Å². The summed E-state index contributed by atoms with van der Waals surface area (Å²) in [5, 5.41) is 3.55. The first kappa shape index (κ1) is 14.3. The highest BCUT2D eigenvalue weighted by Crippen LogP contribution is 2.35. The Labute approximate surface area is 113 Å². The van der Waals surface area contributed by atoms with Gasteiger partial charge in [-0.25, -0.2) is 0 Å². The third kappa shape index (κ3) is 3.96. The Morgan fingerprint density at radius 2 is 2.00 bits per heavy atom. The molecule has 106 valence electrons. The Kier molecular flexibility index (Phi) is 5.97. The number of hydrogen-bond donors (Lipinski definition) is 1. The maximum absolute atomic E-state index is 5.77. The molecule has 1 heterocycles. The molecule has 1 aliphatic heterocycles. The van der Waals surface area contributed by atoms with Crippen molar-refractivity contribution in [2.45, 2.75) is 76.9 Å². The molecule has 1 saturated carbocycles. The molecule has 0 aromatic carbocycles. The third-order valence-corrected chi connectivity index (χ3v) is 5.04. The molecule has 1 saturated heterocycles. The molecule has 0 aromatic heterocycles. The van der Waals surface area contributed by atoms with Gasteiger partial charge in [-0.15, -0.1) is 0 Å². The zero-order valence-corrected chi connectivity index (χ0v) is 12.3. The Bertz CT molecular complexity index is 225. The minimum atomic E-state index is 0.578. The van der Waals surface area contributed by atoms with Crippen molar-refractivity contribution in [1.82, 2.24) is 5.32 Å². The topological polar surface area (TPSA) is 21.3 Å². The number of nitrogens with one attached hydrogen (secondary N) is 1. The van der Waals surface area contributed by atoms with Gasteiger partial charge in [0, 0.05) is 12.6 Å². The lowest BCUT2D eigenvalue weighted by Gasteiger charge is -2.36. The van der Waals surface area contributed by atoms with E-state index >= 15 is 0 Å². The molecule has 4 unspecified atom stereocenters. The lowest BCUT2D eigenvalue weighted by atomic mass is 9.74. The maximum atomic E-state index is 5.77. The van der Waals surface area contributed by atoms with E-state index in [9.17, 15) is 0 Å². The summed E-state index contributed by atoms with van der Waals surface area (Å²) < 4.78 is 5.77. The first-order valence-corrected chi connectivity index (χ1v) is 8.12. The Balaban J connectivity index is 1.77. The van der Waals surface area contributed by atoms with E-state index in [1.165, 1.54) is 57.8 Å². The summed E-state index contributed by atoms with van der Waals surface area (Å²) >= 11 is 0. The summed E-state index contributed by atoms with van der Waals surface area (Å²) in [5.74, 6) is 1.89. The Morgan fingerprint density at radius 1 is 1.11 bits per heavy atom. The predicted molar refractivity (Wildman–Crippen MR) is 76.8 cm³/mol. The molecule has 2 rings (SSSR count). The van der Waals surface area contributed by atoms with Crippen LogP contribution in [-0.4, -0.2) is 25.8 Å². The molecular weight excluding hydrogens is 222 g/mol. The SMILES string of the molecule is CCCC1CCC(NC)C(CCC2CCCO2)C1. The van der Waals surface area contributed by atoms with Gasteiger partial charge in [-0.05, 0) is 63.8 Å². The largest absolute Gasteiger partial charge is 0.378 e. The number of ether oxygens (including phenoxy) is 1. The molecule has 2 aliphatic rings. The monoisotopic (exact) mass is 253 g/mol. The van der Waals surface area contributed by atoms with Gasteiger partial charge in [-0.1, -0.05) is 19.8 Å². The summed E-state index contributed by atoms with van der Waals surface area (Å²) in [5.41, 5.74) is 0. The van der Waals surface area contributed by atoms with Crippen LogP contribution < -0.4 is 5.32 Å². The predicted octanol–water partition coefficient (Wildman–Crippen LogP) is 3.75. The van der Waals surface area contributed by atoms with Crippen LogP contribution in [0.5, 0.6) is 0 Å². The quantitative estimate of drug-likeness (QED) is 0.778. The second-order valence-electron chi connectivity index (χ2n) is 6.34. The van der Waals surface area contributed by atoms with Crippen molar-refractivity contribution < 1.29 is 4.74 Å². The van der Waals surface area contributed by atoms with Gasteiger partial charge in [0.15, 0.2) is 0 Å². The highest BCUT2D eigenvalue weighted by Gasteiger charge is 2.29. The minimum absolute atomic E-state index is 0.578. The maximum Gasteiger partial charge on any atom is 0.0576 e. The van der Waals surface area contributed by atoms with E-state index in [1.54, 1.807) is 0 Å². The normalized spacial score (nSPS) is 37.0. The van der Waals surface area contributed by atoms with Crippen molar-refractivity contribution in [2.75, 3.05) is 13.7 Å². The molecule has 2 fully saturated rings. The summed E-state index contributed by atoms with van der Waals surface area (Å²) in [6.45, 7) is 3.33. The zero-order chi connectivity index (χ0) is 12.8. The summed E-state index contributed by atoms with van der Waals surface area (Å²) in [7, 11) is 2.14.